The first-order chi connectivity index (χ1) is 10.7. The van der Waals surface area contributed by atoms with Crippen molar-refractivity contribution in [3.63, 3.8) is 0 Å². The first kappa shape index (κ1) is 13.1. The molecule has 0 spiro atoms. The molecule has 0 fully saturated rings. The lowest BCUT2D eigenvalue weighted by molar-refractivity contribution is 0.641. The van der Waals surface area contributed by atoms with Gasteiger partial charge >= 0.3 is 0 Å². The molecule has 1 N–H and O–H groups in total. The molecule has 0 saturated heterocycles. The van der Waals surface area contributed by atoms with Crippen LogP contribution in [0.4, 0.5) is 9.52 Å². The van der Waals surface area contributed by atoms with Gasteiger partial charge in [0.05, 0.1) is 16.8 Å². The van der Waals surface area contributed by atoms with Crippen LogP contribution in [0.15, 0.2) is 36.5 Å². The van der Waals surface area contributed by atoms with Gasteiger partial charge in [0.15, 0.2) is 10.8 Å². The molecule has 0 aliphatic heterocycles. The van der Waals surface area contributed by atoms with E-state index in [9.17, 15) is 4.39 Å². The van der Waals surface area contributed by atoms with Crippen molar-refractivity contribution in [3.8, 4) is 0 Å². The molecule has 3 heterocycles. The van der Waals surface area contributed by atoms with E-state index in [4.69, 9.17) is 0 Å². The number of hydrogen-bond donors (Lipinski definition) is 1. The highest BCUT2D eigenvalue weighted by molar-refractivity contribution is 7.22. The summed E-state index contributed by atoms with van der Waals surface area (Å²) in [5.74, 6) is 0.614. The van der Waals surface area contributed by atoms with E-state index in [0.29, 0.717) is 21.9 Å². The van der Waals surface area contributed by atoms with E-state index in [0.717, 1.165) is 17.0 Å². The Morgan fingerprint density at radius 2 is 2.05 bits per heavy atom. The molecule has 110 valence electrons. The van der Waals surface area contributed by atoms with Crippen molar-refractivity contribution in [1.29, 1.82) is 0 Å². The van der Waals surface area contributed by atoms with Gasteiger partial charge in [0, 0.05) is 13.2 Å². The number of anilines is 1. The summed E-state index contributed by atoms with van der Waals surface area (Å²) in [4.78, 5) is 13.2. The van der Waals surface area contributed by atoms with Crippen LogP contribution in [0.25, 0.3) is 21.4 Å². The number of benzene rings is 1. The van der Waals surface area contributed by atoms with Gasteiger partial charge in [-0.2, -0.15) is 0 Å². The minimum Gasteiger partial charge on any atom is -0.354 e. The molecule has 5 nitrogen and oxygen atoms in total. The fourth-order valence-corrected chi connectivity index (χ4v) is 3.24. The number of imidazole rings is 1. The molecular weight excluding hydrogens is 301 g/mol. The van der Waals surface area contributed by atoms with Crippen molar-refractivity contribution in [1.82, 2.24) is 19.5 Å². The monoisotopic (exact) mass is 313 g/mol. The third-order valence-corrected chi connectivity index (χ3v) is 4.52. The van der Waals surface area contributed by atoms with Gasteiger partial charge in [0.2, 0.25) is 0 Å². The maximum absolute atomic E-state index is 13.7. The number of aromatic nitrogens is 4. The summed E-state index contributed by atoms with van der Waals surface area (Å²) in [5, 5.41) is 3.89. The maximum atomic E-state index is 13.7. The van der Waals surface area contributed by atoms with Gasteiger partial charge in [-0.15, -0.1) is 0 Å². The highest BCUT2D eigenvalue weighted by Crippen LogP contribution is 2.28. The predicted molar refractivity (Wildman–Crippen MR) is 85.4 cm³/mol. The lowest BCUT2D eigenvalue weighted by Crippen LogP contribution is -2.05. The quantitative estimate of drug-likeness (QED) is 0.630. The fraction of sp³-hybridized carbons (Fsp3) is 0.133. The summed E-state index contributed by atoms with van der Waals surface area (Å²) < 4.78 is 16.2. The molecule has 4 rings (SSSR count). The zero-order valence-electron chi connectivity index (χ0n) is 11.7. The number of nitrogens with one attached hydrogen (secondary N) is 1. The number of rotatable bonds is 3. The minimum absolute atomic E-state index is 0.241. The molecule has 0 bridgehead atoms. The van der Waals surface area contributed by atoms with E-state index >= 15 is 0 Å². The Morgan fingerprint density at radius 3 is 2.86 bits per heavy atom. The molecule has 1 aromatic carbocycles. The first-order valence-corrected chi connectivity index (χ1v) is 7.59. The van der Waals surface area contributed by atoms with Crippen LogP contribution < -0.4 is 5.32 Å². The highest BCUT2D eigenvalue weighted by atomic mass is 32.1. The maximum Gasteiger partial charge on any atom is 0.184 e. The molecule has 0 atom stereocenters. The minimum atomic E-state index is -0.241. The summed E-state index contributed by atoms with van der Waals surface area (Å²) >= 11 is 1.31. The van der Waals surface area contributed by atoms with E-state index in [-0.39, 0.29) is 5.82 Å². The number of pyridine rings is 1. The molecule has 7 heteroatoms. The number of aryl methyl sites for hydroxylation is 1. The standard InChI is InChI=1S/C15H12FN5S/c1-21-12(19-11-6-3-7-17-14(11)21)8-18-15-20-10-5-2-4-9(16)13(10)22-15/h2-7H,8H2,1H3,(H,18,20). The third-order valence-electron chi connectivity index (χ3n) is 3.49. The van der Waals surface area contributed by atoms with E-state index in [2.05, 4.69) is 20.3 Å². The highest BCUT2D eigenvalue weighted by Gasteiger charge is 2.10. The van der Waals surface area contributed by atoms with E-state index in [1.165, 1.54) is 17.4 Å². The Bertz CT molecular complexity index is 975. The number of fused-ring (bicyclic) bond motifs is 2. The van der Waals surface area contributed by atoms with Gasteiger partial charge in [-0.3, -0.25) is 0 Å². The summed E-state index contributed by atoms with van der Waals surface area (Å²) in [6.07, 6.45) is 1.75. The Hall–Kier alpha value is -2.54. The Kier molecular flexibility index (Phi) is 3.00. The molecule has 0 aliphatic carbocycles. The first-order valence-electron chi connectivity index (χ1n) is 6.77. The fourth-order valence-electron chi connectivity index (χ4n) is 2.37. The van der Waals surface area contributed by atoms with Gasteiger partial charge < -0.3 is 9.88 Å². The molecule has 3 aromatic heterocycles. The van der Waals surface area contributed by atoms with Crippen molar-refractivity contribution in [3.05, 3.63) is 48.2 Å². The average molecular weight is 313 g/mol. The molecule has 0 unspecified atom stereocenters. The Balaban J connectivity index is 1.62. The SMILES string of the molecule is Cn1c(CNc2nc3cccc(F)c3s2)nc2cccnc21. The van der Waals surface area contributed by atoms with E-state index in [1.807, 2.05) is 23.7 Å². The largest absolute Gasteiger partial charge is 0.354 e. The summed E-state index contributed by atoms with van der Waals surface area (Å²) in [6.45, 7) is 0.508. The van der Waals surface area contributed by atoms with Crippen LogP contribution in [-0.4, -0.2) is 19.5 Å². The van der Waals surface area contributed by atoms with E-state index < -0.39 is 0 Å². The normalized spacial score (nSPS) is 11.4. The topological polar surface area (TPSA) is 55.6 Å². The smallest absolute Gasteiger partial charge is 0.184 e. The van der Waals surface area contributed by atoms with Crippen molar-refractivity contribution < 1.29 is 4.39 Å². The molecule has 0 radical (unpaired) electrons. The second-order valence-corrected chi connectivity index (χ2v) is 5.89. The van der Waals surface area contributed by atoms with Crippen molar-refractivity contribution >= 4 is 37.8 Å². The van der Waals surface area contributed by atoms with Crippen LogP contribution in [0.1, 0.15) is 5.82 Å². The van der Waals surface area contributed by atoms with Crippen LogP contribution in [0.3, 0.4) is 0 Å². The van der Waals surface area contributed by atoms with Crippen molar-refractivity contribution in [2.75, 3.05) is 5.32 Å². The Labute approximate surface area is 129 Å². The lowest BCUT2D eigenvalue weighted by Gasteiger charge is -2.02. The summed E-state index contributed by atoms with van der Waals surface area (Å²) in [5.41, 5.74) is 2.37. The van der Waals surface area contributed by atoms with Gasteiger partial charge in [-0.1, -0.05) is 17.4 Å². The molecule has 0 aliphatic rings. The van der Waals surface area contributed by atoms with Crippen LogP contribution in [0, 0.1) is 5.82 Å². The van der Waals surface area contributed by atoms with Gasteiger partial charge in [-0.05, 0) is 24.3 Å². The Morgan fingerprint density at radius 1 is 1.18 bits per heavy atom. The summed E-state index contributed by atoms with van der Waals surface area (Å²) in [7, 11) is 1.93. The third kappa shape index (κ3) is 2.10. The van der Waals surface area contributed by atoms with Crippen LogP contribution in [0.2, 0.25) is 0 Å². The zero-order valence-corrected chi connectivity index (χ0v) is 12.6. The molecule has 0 amide bonds. The number of nitrogens with zero attached hydrogens (tertiary/aromatic N) is 4. The molecule has 4 aromatic rings. The number of thiazole rings is 1. The number of halogens is 1. The average Bonchev–Trinajstić information content (AvgIpc) is 3.08. The number of hydrogen-bond acceptors (Lipinski definition) is 5. The van der Waals surface area contributed by atoms with Crippen LogP contribution in [0.5, 0.6) is 0 Å². The molecular formula is C15H12FN5S. The second-order valence-electron chi connectivity index (χ2n) is 4.89. The lowest BCUT2D eigenvalue weighted by atomic mass is 10.3. The molecule has 0 saturated carbocycles. The van der Waals surface area contributed by atoms with Gasteiger partial charge in [0.1, 0.15) is 17.2 Å². The summed E-state index contributed by atoms with van der Waals surface area (Å²) in [6, 6.07) is 8.71. The van der Waals surface area contributed by atoms with Crippen molar-refractivity contribution in [2.45, 2.75) is 6.54 Å². The van der Waals surface area contributed by atoms with Crippen LogP contribution in [-0.2, 0) is 13.6 Å². The predicted octanol–water partition coefficient (Wildman–Crippen LogP) is 3.33. The van der Waals surface area contributed by atoms with Gasteiger partial charge in [0.25, 0.3) is 0 Å². The van der Waals surface area contributed by atoms with Gasteiger partial charge in [-0.25, -0.2) is 19.3 Å². The zero-order chi connectivity index (χ0) is 15.1. The second kappa shape index (κ2) is 5.03. The van der Waals surface area contributed by atoms with Crippen molar-refractivity contribution in [2.24, 2.45) is 7.05 Å². The van der Waals surface area contributed by atoms with E-state index in [1.54, 1.807) is 18.3 Å². The molecule has 22 heavy (non-hydrogen) atoms. The van der Waals surface area contributed by atoms with Crippen LogP contribution >= 0.6 is 11.3 Å².